The summed E-state index contributed by atoms with van der Waals surface area (Å²) in [5.74, 6) is -2.73. The lowest BCUT2D eigenvalue weighted by Gasteiger charge is -2.13. The fourth-order valence-electron chi connectivity index (χ4n) is 4.33. The Morgan fingerprint density at radius 3 is 1.57 bits per heavy atom. The number of nitrogens with zero attached hydrogens (tertiary/aromatic N) is 6. The maximum absolute atomic E-state index is 13.2. The average Bonchev–Trinajstić information content (AvgIpc) is 3.81. The molecule has 5 aromatic heterocycles. The van der Waals surface area contributed by atoms with Crippen LogP contribution in [0.1, 0.15) is 82.6 Å². The Bertz CT molecular complexity index is 2100. The van der Waals surface area contributed by atoms with Crippen LogP contribution in [-0.2, 0) is 12.4 Å². The molecule has 5 aromatic rings. The zero-order chi connectivity index (χ0) is 39.5. The van der Waals surface area contributed by atoms with Crippen LogP contribution in [0.15, 0.2) is 55.9 Å². The third-order valence-corrected chi connectivity index (χ3v) is 10.00. The molecule has 5 heterocycles. The molecule has 2 atom stereocenters. The van der Waals surface area contributed by atoms with Crippen molar-refractivity contribution in [3.63, 3.8) is 0 Å². The molecule has 282 valence electrons. The summed E-state index contributed by atoms with van der Waals surface area (Å²) in [6.45, 7) is 7.00. The van der Waals surface area contributed by atoms with Gasteiger partial charge in [-0.2, -0.15) is 26.3 Å². The average molecular weight is 832 g/mol. The Kier molecular flexibility index (Phi) is 11.8. The number of amides is 3. The molecule has 0 aliphatic heterocycles. The monoisotopic (exact) mass is 830 g/mol. The quantitative estimate of drug-likeness (QED) is 0.0960. The van der Waals surface area contributed by atoms with Crippen molar-refractivity contribution >= 4 is 80.9 Å². The molecule has 2 unspecified atom stereocenters. The molecule has 4 N–H and O–H groups in total. The molecular weight excluding hydrogens is 809 g/mol. The molecule has 13 nitrogen and oxygen atoms in total. The third-order valence-electron chi connectivity index (χ3n) is 6.98. The molecule has 3 amide bonds. The number of hydrogen-bond acceptors (Lipinski definition) is 12. The van der Waals surface area contributed by atoms with Crippen LogP contribution >= 0.6 is 45.9 Å². The standard InChI is InChI=1S/C31H22Cl2F6N10O3S2/c1-12(46-23-4-15(30(34,35)36)17(32)7-40-23)21-9-42-28(53-21)13(2)47-25(50)19-6-20(45-11-44-19)26(51)48-14(3)29-43-10-22(54-29)27(52)49-24-5-16(31(37,38)39)18(33)8-41-24/h4-11,13-14H,1H2,2-3H3,(H,40,46)(H,47,50)(H,48,51)(H,41,49,52). The van der Waals surface area contributed by atoms with Crippen LogP contribution in [0, 0.1) is 0 Å². The molecule has 0 aromatic carbocycles. The molecule has 0 saturated heterocycles. The molecule has 0 aliphatic carbocycles. The predicted molar refractivity (Wildman–Crippen MR) is 187 cm³/mol. The number of alkyl halides is 6. The van der Waals surface area contributed by atoms with Gasteiger partial charge in [-0.25, -0.2) is 29.9 Å². The number of hydrogen-bond donors (Lipinski definition) is 4. The van der Waals surface area contributed by atoms with Crippen molar-refractivity contribution in [3.05, 3.63) is 108 Å². The molecule has 0 radical (unpaired) electrons. The second-order valence-corrected chi connectivity index (χ2v) is 13.9. The van der Waals surface area contributed by atoms with Gasteiger partial charge < -0.3 is 21.3 Å². The number of carbonyl (C=O) groups is 3. The molecule has 0 bridgehead atoms. The smallest absolute Gasteiger partial charge is 0.342 e. The summed E-state index contributed by atoms with van der Waals surface area (Å²) in [6, 6.07) is 1.04. The number of nitrogens with one attached hydrogen (secondary N) is 4. The second kappa shape index (κ2) is 16.0. The highest BCUT2D eigenvalue weighted by atomic mass is 35.5. The number of thiazole rings is 2. The molecular formula is C31H22Cl2F6N10O3S2. The zero-order valence-electron chi connectivity index (χ0n) is 27.2. The van der Waals surface area contributed by atoms with Gasteiger partial charge in [0.15, 0.2) is 0 Å². The highest BCUT2D eigenvalue weighted by Gasteiger charge is 2.35. The van der Waals surface area contributed by atoms with E-state index in [1.807, 2.05) is 0 Å². The summed E-state index contributed by atoms with van der Waals surface area (Å²) in [4.78, 5) is 62.9. The second-order valence-electron chi connectivity index (χ2n) is 11.0. The number of carbonyl (C=O) groups excluding carboxylic acids is 3. The van der Waals surface area contributed by atoms with Gasteiger partial charge in [0.2, 0.25) is 0 Å². The molecule has 54 heavy (non-hydrogen) atoms. The Hall–Kier alpha value is -5.25. The van der Waals surface area contributed by atoms with E-state index < -0.39 is 63.3 Å². The van der Waals surface area contributed by atoms with Gasteiger partial charge in [0.1, 0.15) is 44.2 Å². The minimum absolute atomic E-state index is 0.0116. The van der Waals surface area contributed by atoms with Crippen LogP contribution in [0.2, 0.25) is 10.0 Å². The Balaban J connectivity index is 1.17. The topological polar surface area (TPSA) is 177 Å². The highest BCUT2D eigenvalue weighted by molar-refractivity contribution is 7.13. The van der Waals surface area contributed by atoms with Crippen LogP contribution in [0.25, 0.3) is 5.70 Å². The van der Waals surface area contributed by atoms with Gasteiger partial charge in [-0.05, 0) is 26.0 Å². The SMILES string of the molecule is C=C(Nc1cc(C(F)(F)F)c(Cl)cn1)c1cnc(C(C)NC(=O)c2cc(C(=O)NC(C)c3ncc(C(=O)Nc4cc(C(F)(F)F)c(Cl)cn4)s3)ncn2)s1. The fourth-order valence-corrected chi connectivity index (χ4v) is 6.42. The van der Waals surface area contributed by atoms with E-state index in [1.165, 1.54) is 12.4 Å². The van der Waals surface area contributed by atoms with Crippen LogP contribution in [0.4, 0.5) is 38.0 Å². The summed E-state index contributed by atoms with van der Waals surface area (Å²) in [5.41, 5.74) is -2.40. The largest absolute Gasteiger partial charge is 0.418 e. The zero-order valence-corrected chi connectivity index (χ0v) is 30.4. The molecule has 0 aliphatic rings. The lowest BCUT2D eigenvalue weighted by molar-refractivity contribution is -0.138. The number of pyridine rings is 2. The highest BCUT2D eigenvalue weighted by Crippen LogP contribution is 2.37. The fraction of sp³-hybridized carbons (Fsp3) is 0.194. The van der Waals surface area contributed by atoms with E-state index in [-0.39, 0.29) is 38.6 Å². The minimum Gasteiger partial charge on any atom is -0.342 e. The van der Waals surface area contributed by atoms with Crippen LogP contribution in [0.5, 0.6) is 0 Å². The maximum atomic E-state index is 13.2. The number of halogens is 8. The van der Waals surface area contributed by atoms with Gasteiger partial charge in [0.25, 0.3) is 17.7 Å². The first kappa shape index (κ1) is 39.9. The number of rotatable bonds is 11. The van der Waals surface area contributed by atoms with E-state index in [0.717, 1.165) is 53.5 Å². The lowest BCUT2D eigenvalue weighted by atomic mass is 10.2. The Morgan fingerprint density at radius 1 is 0.648 bits per heavy atom. The van der Waals surface area contributed by atoms with Crippen LogP contribution in [0.3, 0.4) is 0 Å². The van der Waals surface area contributed by atoms with Gasteiger partial charge in [0, 0.05) is 24.7 Å². The van der Waals surface area contributed by atoms with Crippen molar-refractivity contribution in [2.24, 2.45) is 0 Å². The summed E-state index contributed by atoms with van der Waals surface area (Å²) >= 11 is 13.2. The van der Waals surface area contributed by atoms with Gasteiger partial charge in [-0.1, -0.05) is 29.8 Å². The van der Waals surface area contributed by atoms with Crippen LogP contribution in [-0.4, -0.2) is 47.6 Å². The summed E-state index contributed by atoms with van der Waals surface area (Å²) in [7, 11) is 0. The molecule has 0 saturated carbocycles. The first-order chi connectivity index (χ1) is 25.3. The van der Waals surface area contributed by atoms with E-state index in [9.17, 15) is 40.7 Å². The van der Waals surface area contributed by atoms with Gasteiger partial charge in [0.05, 0.1) is 50.0 Å². The Morgan fingerprint density at radius 2 is 1.09 bits per heavy atom. The van der Waals surface area contributed by atoms with Gasteiger partial charge >= 0.3 is 12.4 Å². The summed E-state index contributed by atoms with van der Waals surface area (Å²) < 4.78 is 79.2. The molecule has 0 fully saturated rings. The molecule has 0 spiro atoms. The first-order valence-electron chi connectivity index (χ1n) is 14.9. The van der Waals surface area contributed by atoms with Crippen molar-refractivity contribution in [2.45, 2.75) is 38.3 Å². The summed E-state index contributed by atoms with van der Waals surface area (Å²) in [5, 5.41) is 9.75. The number of anilines is 2. The normalized spacial score (nSPS) is 12.8. The van der Waals surface area contributed by atoms with E-state index >= 15 is 0 Å². The van der Waals surface area contributed by atoms with Gasteiger partial charge in [-0.15, -0.1) is 22.7 Å². The van der Waals surface area contributed by atoms with E-state index in [0.29, 0.717) is 16.0 Å². The van der Waals surface area contributed by atoms with E-state index in [2.05, 4.69) is 57.7 Å². The van der Waals surface area contributed by atoms with Crippen molar-refractivity contribution in [1.82, 2.24) is 40.5 Å². The number of aromatic nitrogens is 6. The predicted octanol–water partition coefficient (Wildman–Crippen LogP) is 7.84. The van der Waals surface area contributed by atoms with Crippen LogP contribution < -0.4 is 21.3 Å². The maximum Gasteiger partial charge on any atom is 0.418 e. The van der Waals surface area contributed by atoms with Crippen molar-refractivity contribution in [2.75, 3.05) is 10.6 Å². The van der Waals surface area contributed by atoms with Crippen molar-refractivity contribution < 1.29 is 40.7 Å². The summed E-state index contributed by atoms with van der Waals surface area (Å²) in [6.07, 6.45) is -4.24. The van der Waals surface area contributed by atoms with Crippen molar-refractivity contribution in [1.29, 1.82) is 0 Å². The molecule has 23 heteroatoms. The third kappa shape index (κ3) is 9.64. The van der Waals surface area contributed by atoms with Gasteiger partial charge in [-0.3, -0.25) is 14.4 Å². The molecule has 5 rings (SSSR count). The van der Waals surface area contributed by atoms with Crippen molar-refractivity contribution in [3.8, 4) is 0 Å². The minimum atomic E-state index is -4.77. The first-order valence-corrected chi connectivity index (χ1v) is 17.3. The van der Waals surface area contributed by atoms with E-state index in [1.54, 1.807) is 13.8 Å². The van der Waals surface area contributed by atoms with E-state index in [4.69, 9.17) is 23.2 Å². The lowest BCUT2D eigenvalue weighted by Crippen LogP contribution is -2.30. The Labute approximate surface area is 318 Å².